The first kappa shape index (κ1) is 16.0. The van der Waals surface area contributed by atoms with Crippen molar-refractivity contribution in [3.05, 3.63) is 62.8 Å². The normalized spacial score (nSPS) is 13.4. The van der Waals surface area contributed by atoms with Crippen LogP contribution in [0.3, 0.4) is 0 Å². The highest BCUT2D eigenvalue weighted by Gasteiger charge is 2.32. The molecule has 0 atom stereocenters. The van der Waals surface area contributed by atoms with E-state index in [0.29, 0.717) is 17.8 Å². The predicted octanol–water partition coefficient (Wildman–Crippen LogP) is 3.60. The van der Waals surface area contributed by atoms with Crippen molar-refractivity contribution in [3.63, 3.8) is 0 Å². The van der Waals surface area contributed by atoms with Crippen molar-refractivity contribution in [1.29, 1.82) is 0 Å². The van der Waals surface area contributed by atoms with E-state index < -0.39 is 0 Å². The minimum atomic E-state index is -0.161. The molecule has 118 valence electrons. The molecule has 1 aliphatic heterocycles. The van der Waals surface area contributed by atoms with Crippen molar-refractivity contribution in [2.45, 2.75) is 6.54 Å². The van der Waals surface area contributed by atoms with Crippen molar-refractivity contribution >= 4 is 44.8 Å². The number of hydrogen-bond acceptors (Lipinski definition) is 3. The van der Waals surface area contributed by atoms with Crippen LogP contribution in [0.25, 0.3) is 5.70 Å². The molecular weight excluding hydrogens is 376 g/mol. The first-order valence-electron chi connectivity index (χ1n) is 7.05. The molecule has 2 heterocycles. The van der Waals surface area contributed by atoms with Crippen LogP contribution < -0.4 is 0 Å². The van der Waals surface area contributed by atoms with Gasteiger partial charge in [-0.05, 0) is 34.1 Å². The molecular formula is C17H15BrN2O2S. The van der Waals surface area contributed by atoms with Crippen molar-refractivity contribution in [1.82, 2.24) is 9.80 Å². The van der Waals surface area contributed by atoms with Gasteiger partial charge in [0.15, 0.2) is 0 Å². The van der Waals surface area contributed by atoms with E-state index in [2.05, 4.69) is 22.5 Å². The molecule has 0 aliphatic carbocycles. The first-order chi connectivity index (χ1) is 11.0. The fraction of sp³-hybridized carbons (Fsp3) is 0.176. The number of amides is 2. The number of thiophene rings is 1. The van der Waals surface area contributed by atoms with Crippen LogP contribution in [0.15, 0.2) is 46.8 Å². The zero-order chi connectivity index (χ0) is 16.6. The lowest BCUT2D eigenvalue weighted by molar-refractivity contribution is -0.130. The number of carbonyl (C=O) groups excluding carboxylic acids is 2. The monoisotopic (exact) mass is 390 g/mol. The van der Waals surface area contributed by atoms with E-state index in [-0.39, 0.29) is 18.4 Å². The number of likely N-dealkylation sites (N-methyl/N-ethyl adjacent to an activating group) is 1. The van der Waals surface area contributed by atoms with E-state index in [1.165, 1.54) is 4.90 Å². The molecule has 3 rings (SSSR count). The molecule has 1 aliphatic rings. The molecule has 0 unspecified atom stereocenters. The lowest BCUT2D eigenvalue weighted by Gasteiger charge is -2.22. The molecule has 4 nitrogen and oxygen atoms in total. The van der Waals surface area contributed by atoms with Gasteiger partial charge in [-0.3, -0.25) is 14.5 Å². The maximum atomic E-state index is 12.4. The number of benzene rings is 1. The molecule has 1 aromatic carbocycles. The fourth-order valence-corrected chi connectivity index (χ4v) is 4.05. The van der Waals surface area contributed by atoms with E-state index in [1.807, 2.05) is 30.3 Å². The van der Waals surface area contributed by atoms with E-state index in [1.54, 1.807) is 29.4 Å². The standard InChI is InChI=1S/C17H15BrN2O2S/c1-11-13-5-3-4-6-14(13)17(22)20(11)10-16(21)19(2)9-12-7-8-15(18)23-12/h3-8H,1,9-10H2,2H3. The van der Waals surface area contributed by atoms with Gasteiger partial charge >= 0.3 is 0 Å². The maximum Gasteiger partial charge on any atom is 0.259 e. The van der Waals surface area contributed by atoms with Crippen LogP contribution in [0.2, 0.25) is 0 Å². The highest BCUT2D eigenvalue weighted by molar-refractivity contribution is 9.11. The van der Waals surface area contributed by atoms with Gasteiger partial charge in [-0.15, -0.1) is 11.3 Å². The molecule has 0 saturated heterocycles. The molecule has 2 amide bonds. The molecule has 0 bridgehead atoms. The molecule has 1 aromatic heterocycles. The summed E-state index contributed by atoms with van der Waals surface area (Å²) in [4.78, 5) is 29.0. The number of carbonyl (C=O) groups is 2. The number of nitrogens with zero attached hydrogens (tertiary/aromatic N) is 2. The van der Waals surface area contributed by atoms with Crippen molar-refractivity contribution in [2.24, 2.45) is 0 Å². The zero-order valence-corrected chi connectivity index (χ0v) is 15.0. The summed E-state index contributed by atoms with van der Waals surface area (Å²) in [5, 5.41) is 0. The van der Waals surface area contributed by atoms with Crippen LogP contribution >= 0.6 is 27.3 Å². The van der Waals surface area contributed by atoms with Gasteiger partial charge in [0.2, 0.25) is 5.91 Å². The van der Waals surface area contributed by atoms with Crippen molar-refractivity contribution in [3.8, 4) is 0 Å². The highest BCUT2D eigenvalue weighted by atomic mass is 79.9. The Morgan fingerprint density at radius 1 is 1.26 bits per heavy atom. The molecule has 0 radical (unpaired) electrons. The summed E-state index contributed by atoms with van der Waals surface area (Å²) in [6.07, 6.45) is 0. The predicted molar refractivity (Wildman–Crippen MR) is 95.0 cm³/mol. The SMILES string of the molecule is C=C1c2ccccc2C(=O)N1CC(=O)N(C)Cc1ccc(Br)s1. The van der Waals surface area contributed by atoms with Gasteiger partial charge in [0.05, 0.1) is 10.3 Å². The summed E-state index contributed by atoms with van der Waals surface area (Å²) >= 11 is 5.00. The van der Waals surface area contributed by atoms with E-state index in [0.717, 1.165) is 14.2 Å². The molecule has 2 aromatic rings. The smallest absolute Gasteiger partial charge is 0.259 e. The van der Waals surface area contributed by atoms with Crippen LogP contribution in [0.1, 0.15) is 20.8 Å². The number of fused-ring (bicyclic) bond motifs is 1. The van der Waals surface area contributed by atoms with E-state index in [4.69, 9.17) is 0 Å². The summed E-state index contributed by atoms with van der Waals surface area (Å²) in [6.45, 7) is 4.49. The van der Waals surface area contributed by atoms with E-state index in [9.17, 15) is 9.59 Å². The number of rotatable bonds is 4. The zero-order valence-electron chi connectivity index (χ0n) is 12.6. The molecule has 0 fully saturated rings. The Labute approximate surface area is 147 Å². The van der Waals surface area contributed by atoms with Crippen LogP contribution in [-0.2, 0) is 11.3 Å². The Hall–Kier alpha value is -1.92. The third-order valence-electron chi connectivity index (χ3n) is 3.78. The van der Waals surface area contributed by atoms with E-state index >= 15 is 0 Å². The Balaban J connectivity index is 1.69. The summed E-state index contributed by atoms with van der Waals surface area (Å²) in [6, 6.07) is 11.2. The average Bonchev–Trinajstić information content (AvgIpc) is 3.04. The Morgan fingerprint density at radius 2 is 1.96 bits per heavy atom. The molecule has 0 saturated carbocycles. The summed E-state index contributed by atoms with van der Waals surface area (Å²) in [5.74, 6) is -0.275. The van der Waals surface area contributed by atoms with Gasteiger partial charge in [0, 0.05) is 28.7 Å². The van der Waals surface area contributed by atoms with Gasteiger partial charge in [0.1, 0.15) is 6.54 Å². The summed E-state index contributed by atoms with van der Waals surface area (Å²) in [7, 11) is 1.74. The quantitative estimate of drug-likeness (QED) is 0.799. The second-order valence-electron chi connectivity index (χ2n) is 5.34. The first-order valence-corrected chi connectivity index (χ1v) is 8.66. The second-order valence-corrected chi connectivity index (χ2v) is 7.89. The van der Waals surface area contributed by atoms with Gasteiger partial charge in [0.25, 0.3) is 5.91 Å². The minimum Gasteiger partial charge on any atom is -0.339 e. The third kappa shape index (κ3) is 3.09. The Bertz CT molecular complexity index is 764. The number of hydrogen-bond donors (Lipinski definition) is 0. The Kier molecular flexibility index (Phi) is 4.37. The van der Waals surface area contributed by atoms with Crippen molar-refractivity contribution < 1.29 is 9.59 Å². The molecule has 23 heavy (non-hydrogen) atoms. The minimum absolute atomic E-state index is 0.00932. The third-order valence-corrected chi connectivity index (χ3v) is 5.39. The lowest BCUT2D eigenvalue weighted by Crippen LogP contribution is -2.37. The van der Waals surface area contributed by atoms with Gasteiger partial charge in [-0.25, -0.2) is 0 Å². The van der Waals surface area contributed by atoms with Crippen LogP contribution in [0.4, 0.5) is 0 Å². The lowest BCUT2D eigenvalue weighted by atomic mass is 10.1. The molecule has 0 spiro atoms. The number of halogens is 1. The summed E-state index contributed by atoms with van der Waals surface area (Å²) in [5.41, 5.74) is 2.00. The van der Waals surface area contributed by atoms with Crippen LogP contribution in [-0.4, -0.2) is 35.2 Å². The van der Waals surface area contributed by atoms with Gasteiger partial charge in [-0.2, -0.15) is 0 Å². The van der Waals surface area contributed by atoms with Crippen molar-refractivity contribution in [2.75, 3.05) is 13.6 Å². The summed E-state index contributed by atoms with van der Waals surface area (Å²) < 4.78 is 1.03. The largest absolute Gasteiger partial charge is 0.339 e. The Morgan fingerprint density at radius 3 is 2.57 bits per heavy atom. The van der Waals surface area contributed by atoms with Crippen LogP contribution in [0, 0.1) is 0 Å². The second kappa shape index (κ2) is 6.29. The molecule has 0 N–H and O–H groups in total. The van der Waals surface area contributed by atoms with Gasteiger partial charge < -0.3 is 4.90 Å². The maximum absolute atomic E-state index is 12.4. The highest BCUT2D eigenvalue weighted by Crippen LogP contribution is 2.31. The average molecular weight is 391 g/mol. The topological polar surface area (TPSA) is 40.6 Å². The van der Waals surface area contributed by atoms with Gasteiger partial charge in [-0.1, -0.05) is 24.8 Å². The fourth-order valence-electron chi connectivity index (χ4n) is 2.52. The molecule has 6 heteroatoms. The van der Waals surface area contributed by atoms with Crippen LogP contribution in [0.5, 0.6) is 0 Å².